The number of carbonyl (C=O) groups is 1. The van der Waals surface area contributed by atoms with Gasteiger partial charge in [0.2, 0.25) is 5.95 Å². The van der Waals surface area contributed by atoms with Crippen molar-refractivity contribution in [3.05, 3.63) is 5.82 Å². The number of carbonyl (C=O) groups excluding carboxylic acids is 1. The van der Waals surface area contributed by atoms with E-state index in [9.17, 15) is 4.79 Å². The first kappa shape index (κ1) is 10.7. The van der Waals surface area contributed by atoms with Crippen LogP contribution in [0, 0.1) is 0 Å². The molecule has 0 unspecified atom stereocenters. The van der Waals surface area contributed by atoms with Gasteiger partial charge >= 0.3 is 0 Å². The predicted molar refractivity (Wildman–Crippen MR) is 54.6 cm³/mol. The highest BCUT2D eigenvalue weighted by atomic mass is 16.1. The van der Waals surface area contributed by atoms with Gasteiger partial charge in [-0.1, -0.05) is 0 Å². The van der Waals surface area contributed by atoms with Crippen molar-refractivity contribution in [2.45, 2.75) is 27.3 Å². The van der Waals surface area contributed by atoms with E-state index in [2.05, 4.69) is 28.9 Å². The molecule has 0 atom stereocenters. The van der Waals surface area contributed by atoms with Gasteiger partial charge in [0.1, 0.15) is 0 Å². The van der Waals surface area contributed by atoms with E-state index in [-0.39, 0.29) is 0 Å². The maximum absolute atomic E-state index is 10.7. The lowest BCUT2D eigenvalue weighted by molar-refractivity contribution is 0.111. The van der Waals surface area contributed by atoms with Crippen LogP contribution in [0.25, 0.3) is 0 Å². The maximum atomic E-state index is 10.7. The molecule has 0 saturated carbocycles. The molecule has 0 radical (unpaired) electrons. The molecule has 1 aromatic heterocycles. The first-order chi connectivity index (χ1) is 6.78. The van der Waals surface area contributed by atoms with Gasteiger partial charge in [-0.15, -0.1) is 10.2 Å². The van der Waals surface area contributed by atoms with Crippen molar-refractivity contribution in [3.63, 3.8) is 0 Å². The van der Waals surface area contributed by atoms with Crippen molar-refractivity contribution in [1.82, 2.24) is 14.8 Å². The van der Waals surface area contributed by atoms with Gasteiger partial charge in [0.25, 0.3) is 0 Å². The SMILES string of the molecule is CCN(CC)c1nnc(C=O)n1CC. The lowest BCUT2D eigenvalue weighted by atomic mass is 10.5. The Bertz CT molecular complexity index is 304. The molecule has 5 nitrogen and oxygen atoms in total. The molecule has 1 rings (SSSR count). The second-order valence-electron chi connectivity index (χ2n) is 2.89. The molecule has 5 heteroatoms. The van der Waals surface area contributed by atoms with Crippen LogP contribution < -0.4 is 4.90 Å². The summed E-state index contributed by atoms with van der Waals surface area (Å²) in [6.07, 6.45) is 0.740. The summed E-state index contributed by atoms with van der Waals surface area (Å²) in [7, 11) is 0. The van der Waals surface area contributed by atoms with Crippen LogP contribution in [0.1, 0.15) is 31.4 Å². The van der Waals surface area contributed by atoms with E-state index in [1.165, 1.54) is 0 Å². The van der Waals surface area contributed by atoms with Crippen LogP contribution in [-0.4, -0.2) is 34.1 Å². The van der Waals surface area contributed by atoms with Crippen molar-refractivity contribution in [2.75, 3.05) is 18.0 Å². The Morgan fingerprint density at radius 2 is 1.93 bits per heavy atom. The molecule has 0 aromatic carbocycles. The highest BCUT2D eigenvalue weighted by Crippen LogP contribution is 2.11. The van der Waals surface area contributed by atoms with Gasteiger partial charge < -0.3 is 4.90 Å². The van der Waals surface area contributed by atoms with E-state index in [1.807, 2.05) is 11.5 Å². The number of rotatable bonds is 5. The molecule has 78 valence electrons. The molecule has 0 bridgehead atoms. The molecule has 0 aliphatic carbocycles. The fourth-order valence-electron chi connectivity index (χ4n) is 1.44. The Hall–Kier alpha value is -1.39. The average molecular weight is 196 g/mol. The van der Waals surface area contributed by atoms with Crippen molar-refractivity contribution < 1.29 is 4.79 Å². The van der Waals surface area contributed by atoms with Crippen molar-refractivity contribution in [2.24, 2.45) is 0 Å². The topological polar surface area (TPSA) is 51.0 Å². The molecule has 0 N–H and O–H groups in total. The first-order valence-corrected chi connectivity index (χ1v) is 4.91. The van der Waals surface area contributed by atoms with Gasteiger partial charge in [-0.05, 0) is 20.8 Å². The van der Waals surface area contributed by atoms with Crippen LogP contribution in [0.2, 0.25) is 0 Å². The molecule has 14 heavy (non-hydrogen) atoms. The Morgan fingerprint density at radius 3 is 2.36 bits per heavy atom. The summed E-state index contributed by atoms with van der Waals surface area (Å²) in [6.45, 7) is 8.54. The van der Waals surface area contributed by atoms with Gasteiger partial charge in [-0.3, -0.25) is 9.36 Å². The van der Waals surface area contributed by atoms with Crippen LogP contribution in [0.15, 0.2) is 0 Å². The van der Waals surface area contributed by atoms with E-state index >= 15 is 0 Å². The van der Waals surface area contributed by atoms with Crippen molar-refractivity contribution in [3.8, 4) is 0 Å². The zero-order valence-corrected chi connectivity index (χ0v) is 8.90. The van der Waals surface area contributed by atoms with E-state index in [0.29, 0.717) is 12.4 Å². The Morgan fingerprint density at radius 1 is 1.29 bits per heavy atom. The molecular formula is C9H16N4O. The quantitative estimate of drug-likeness (QED) is 0.658. The molecule has 1 heterocycles. The number of aromatic nitrogens is 3. The van der Waals surface area contributed by atoms with Crippen LogP contribution in [-0.2, 0) is 6.54 Å². The summed E-state index contributed by atoms with van der Waals surface area (Å²) >= 11 is 0. The van der Waals surface area contributed by atoms with E-state index in [1.54, 1.807) is 0 Å². The molecule has 0 aliphatic rings. The summed E-state index contributed by atoms with van der Waals surface area (Å²) in [5, 5.41) is 7.83. The minimum atomic E-state index is 0.398. The third-order valence-corrected chi connectivity index (χ3v) is 2.23. The van der Waals surface area contributed by atoms with Gasteiger partial charge in [0, 0.05) is 19.6 Å². The molecular weight excluding hydrogens is 180 g/mol. The summed E-state index contributed by atoms with van der Waals surface area (Å²) in [6, 6.07) is 0. The number of aldehydes is 1. The normalized spacial score (nSPS) is 10.2. The summed E-state index contributed by atoms with van der Waals surface area (Å²) in [4.78, 5) is 12.7. The highest BCUT2D eigenvalue weighted by Gasteiger charge is 2.13. The van der Waals surface area contributed by atoms with E-state index in [4.69, 9.17) is 0 Å². The number of nitrogens with zero attached hydrogens (tertiary/aromatic N) is 4. The average Bonchev–Trinajstić information content (AvgIpc) is 2.62. The van der Waals surface area contributed by atoms with Gasteiger partial charge in [0.05, 0.1) is 0 Å². The second-order valence-corrected chi connectivity index (χ2v) is 2.89. The maximum Gasteiger partial charge on any atom is 0.227 e. The zero-order valence-electron chi connectivity index (χ0n) is 8.90. The largest absolute Gasteiger partial charge is 0.341 e. The number of hydrogen-bond acceptors (Lipinski definition) is 4. The standard InChI is InChI=1S/C9H16N4O/c1-4-12(5-2)9-11-10-8(7-14)13(9)6-3/h7H,4-6H2,1-3H3. The smallest absolute Gasteiger partial charge is 0.227 e. The molecule has 0 aliphatic heterocycles. The molecule has 1 aromatic rings. The third-order valence-electron chi connectivity index (χ3n) is 2.23. The lowest BCUT2D eigenvalue weighted by Gasteiger charge is -2.19. The van der Waals surface area contributed by atoms with Gasteiger partial charge in [-0.25, -0.2) is 0 Å². The summed E-state index contributed by atoms with van der Waals surface area (Å²) in [5.41, 5.74) is 0. The molecule has 0 spiro atoms. The highest BCUT2D eigenvalue weighted by molar-refractivity contribution is 5.70. The van der Waals surface area contributed by atoms with E-state index < -0.39 is 0 Å². The summed E-state index contributed by atoms with van der Waals surface area (Å²) < 4.78 is 1.82. The number of hydrogen-bond donors (Lipinski definition) is 0. The van der Waals surface area contributed by atoms with Gasteiger partial charge in [-0.2, -0.15) is 0 Å². The second kappa shape index (κ2) is 4.74. The van der Waals surface area contributed by atoms with Crippen molar-refractivity contribution >= 4 is 12.2 Å². The predicted octanol–water partition coefficient (Wildman–Crippen LogP) is 0.957. The third kappa shape index (κ3) is 1.76. The van der Waals surface area contributed by atoms with Crippen LogP contribution in [0.4, 0.5) is 5.95 Å². The fourth-order valence-corrected chi connectivity index (χ4v) is 1.44. The van der Waals surface area contributed by atoms with Gasteiger partial charge in [0.15, 0.2) is 12.1 Å². The number of anilines is 1. The Balaban J connectivity index is 3.06. The fraction of sp³-hybridized carbons (Fsp3) is 0.667. The van der Waals surface area contributed by atoms with Crippen molar-refractivity contribution in [1.29, 1.82) is 0 Å². The molecule has 0 fully saturated rings. The molecule has 0 saturated heterocycles. The summed E-state index contributed by atoms with van der Waals surface area (Å²) in [5.74, 6) is 1.18. The Labute approximate surface area is 83.7 Å². The Kier molecular flexibility index (Phi) is 3.62. The van der Waals surface area contributed by atoms with E-state index in [0.717, 1.165) is 25.3 Å². The zero-order chi connectivity index (χ0) is 10.6. The monoisotopic (exact) mass is 196 g/mol. The lowest BCUT2D eigenvalue weighted by Crippen LogP contribution is -2.25. The minimum Gasteiger partial charge on any atom is -0.341 e. The van der Waals surface area contributed by atoms with Crippen LogP contribution in [0.5, 0.6) is 0 Å². The molecule has 0 amide bonds. The minimum absolute atomic E-state index is 0.398. The van der Waals surface area contributed by atoms with Crippen LogP contribution in [0.3, 0.4) is 0 Å². The van der Waals surface area contributed by atoms with Crippen LogP contribution >= 0.6 is 0 Å². The first-order valence-electron chi connectivity index (χ1n) is 4.91.